The molecule has 2 aromatic heterocycles. The van der Waals surface area contributed by atoms with E-state index >= 15 is 0 Å². The number of hydrogen-bond donors (Lipinski definition) is 0. The Kier molecular flexibility index (Phi) is 6.09. The van der Waals surface area contributed by atoms with Crippen LogP contribution in [0.1, 0.15) is 31.3 Å². The molecule has 21 heavy (non-hydrogen) atoms. The molecule has 2 rings (SSSR count). The standard InChI is InChI=1S/C16H21NO4/c1-2-19-16(18)8-3-9-17(12-14-6-4-10-20-14)13-15-7-5-11-21-15/h4-7,10-11H,2-3,8-9,12-13H2,1H3. The van der Waals surface area contributed by atoms with Crippen LogP contribution in [0.2, 0.25) is 0 Å². The summed E-state index contributed by atoms with van der Waals surface area (Å²) in [5.41, 5.74) is 0. The highest BCUT2D eigenvalue weighted by Gasteiger charge is 2.11. The summed E-state index contributed by atoms with van der Waals surface area (Å²) in [6.45, 7) is 4.41. The van der Waals surface area contributed by atoms with Crippen LogP contribution in [0.5, 0.6) is 0 Å². The highest BCUT2D eigenvalue weighted by atomic mass is 16.5. The van der Waals surface area contributed by atoms with Crippen LogP contribution in [0, 0.1) is 0 Å². The number of nitrogens with zero attached hydrogens (tertiary/aromatic N) is 1. The Morgan fingerprint density at radius 1 is 1.14 bits per heavy atom. The topological polar surface area (TPSA) is 55.8 Å². The SMILES string of the molecule is CCOC(=O)CCCN(Cc1ccco1)Cc1ccco1. The fourth-order valence-corrected chi connectivity index (χ4v) is 2.14. The van der Waals surface area contributed by atoms with Crippen molar-refractivity contribution in [3.05, 3.63) is 48.3 Å². The summed E-state index contributed by atoms with van der Waals surface area (Å²) in [5, 5.41) is 0. The molecule has 0 bridgehead atoms. The lowest BCUT2D eigenvalue weighted by atomic mass is 10.2. The van der Waals surface area contributed by atoms with E-state index in [2.05, 4.69) is 4.90 Å². The van der Waals surface area contributed by atoms with Crippen molar-refractivity contribution in [3.63, 3.8) is 0 Å². The van der Waals surface area contributed by atoms with Crippen LogP contribution in [0.25, 0.3) is 0 Å². The number of esters is 1. The lowest BCUT2D eigenvalue weighted by Crippen LogP contribution is -2.24. The summed E-state index contributed by atoms with van der Waals surface area (Å²) in [7, 11) is 0. The van der Waals surface area contributed by atoms with Gasteiger partial charge in [-0.3, -0.25) is 9.69 Å². The number of rotatable bonds is 9. The third-order valence-corrected chi connectivity index (χ3v) is 3.08. The van der Waals surface area contributed by atoms with E-state index in [9.17, 15) is 4.79 Å². The second-order valence-corrected chi connectivity index (χ2v) is 4.78. The molecule has 0 aliphatic carbocycles. The molecule has 0 aromatic carbocycles. The Labute approximate surface area is 124 Å². The van der Waals surface area contributed by atoms with Crippen molar-refractivity contribution < 1.29 is 18.4 Å². The third-order valence-electron chi connectivity index (χ3n) is 3.08. The number of carbonyl (C=O) groups excluding carboxylic acids is 1. The lowest BCUT2D eigenvalue weighted by molar-refractivity contribution is -0.143. The van der Waals surface area contributed by atoms with Crippen LogP contribution in [-0.4, -0.2) is 24.0 Å². The summed E-state index contributed by atoms with van der Waals surface area (Å²) >= 11 is 0. The lowest BCUT2D eigenvalue weighted by Gasteiger charge is -2.19. The van der Waals surface area contributed by atoms with E-state index in [0.717, 1.165) is 24.5 Å². The molecule has 0 atom stereocenters. The molecule has 0 spiro atoms. The first-order valence-corrected chi connectivity index (χ1v) is 7.20. The smallest absolute Gasteiger partial charge is 0.305 e. The van der Waals surface area contributed by atoms with E-state index in [0.29, 0.717) is 26.1 Å². The Balaban J connectivity index is 1.84. The molecule has 2 heterocycles. The van der Waals surface area contributed by atoms with Crippen LogP contribution in [0.3, 0.4) is 0 Å². The van der Waals surface area contributed by atoms with Gasteiger partial charge in [-0.2, -0.15) is 0 Å². The molecular formula is C16H21NO4. The molecule has 5 nitrogen and oxygen atoms in total. The molecule has 2 aromatic rings. The number of ether oxygens (including phenoxy) is 1. The van der Waals surface area contributed by atoms with Gasteiger partial charge in [-0.25, -0.2) is 0 Å². The molecule has 114 valence electrons. The van der Waals surface area contributed by atoms with E-state index in [4.69, 9.17) is 13.6 Å². The van der Waals surface area contributed by atoms with Crippen LogP contribution < -0.4 is 0 Å². The maximum Gasteiger partial charge on any atom is 0.305 e. The second-order valence-electron chi connectivity index (χ2n) is 4.78. The molecule has 0 fully saturated rings. The molecule has 0 unspecified atom stereocenters. The van der Waals surface area contributed by atoms with Gasteiger partial charge in [0, 0.05) is 6.42 Å². The minimum atomic E-state index is -0.145. The van der Waals surface area contributed by atoms with Crippen molar-refractivity contribution in [3.8, 4) is 0 Å². The van der Waals surface area contributed by atoms with Gasteiger partial charge in [0.05, 0.1) is 32.2 Å². The van der Waals surface area contributed by atoms with Crippen molar-refractivity contribution in [2.24, 2.45) is 0 Å². The summed E-state index contributed by atoms with van der Waals surface area (Å²) < 4.78 is 15.7. The zero-order valence-corrected chi connectivity index (χ0v) is 12.3. The predicted molar refractivity (Wildman–Crippen MR) is 77.4 cm³/mol. The van der Waals surface area contributed by atoms with Gasteiger partial charge >= 0.3 is 5.97 Å². The molecule has 0 N–H and O–H groups in total. The maximum atomic E-state index is 11.4. The first-order chi connectivity index (χ1) is 10.3. The molecule has 0 aliphatic rings. The number of hydrogen-bond acceptors (Lipinski definition) is 5. The van der Waals surface area contributed by atoms with Gasteiger partial charge in [-0.1, -0.05) is 0 Å². The monoisotopic (exact) mass is 291 g/mol. The van der Waals surface area contributed by atoms with E-state index in [1.165, 1.54) is 0 Å². The first kappa shape index (κ1) is 15.4. The number of carbonyl (C=O) groups is 1. The van der Waals surface area contributed by atoms with Crippen LogP contribution >= 0.6 is 0 Å². The predicted octanol–water partition coefficient (Wildman–Crippen LogP) is 3.22. The molecule has 0 radical (unpaired) electrons. The van der Waals surface area contributed by atoms with Crippen molar-refractivity contribution in [1.29, 1.82) is 0 Å². The van der Waals surface area contributed by atoms with Gasteiger partial charge in [0.25, 0.3) is 0 Å². The zero-order chi connectivity index (χ0) is 14.9. The minimum absolute atomic E-state index is 0.145. The highest BCUT2D eigenvalue weighted by molar-refractivity contribution is 5.69. The van der Waals surface area contributed by atoms with Gasteiger partial charge in [-0.05, 0) is 44.2 Å². The molecule has 0 saturated heterocycles. The third kappa shape index (κ3) is 5.47. The summed E-state index contributed by atoms with van der Waals surface area (Å²) in [6.07, 6.45) is 4.51. The quantitative estimate of drug-likeness (QED) is 0.664. The van der Waals surface area contributed by atoms with Crippen molar-refractivity contribution >= 4 is 5.97 Å². The van der Waals surface area contributed by atoms with E-state index in [1.54, 1.807) is 12.5 Å². The summed E-state index contributed by atoms with van der Waals surface area (Å²) in [4.78, 5) is 13.6. The Morgan fingerprint density at radius 2 is 1.76 bits per heavy atom. The molecule has 0 amide bonds. The van der Waals surface area contributed by atoms with Gasteiger partial charge in [0.2, 0.25) is 0 Å². The average molecular weight is 291 g/mol. The Hall–Kier alpha value is -2.01. The minimum Gasteiger partial charge on any atom is -0.468 e. The number of furan rings is 2. The van der Waals surface area contributed by atoms with Crippen molar-refractivity contribution in [2.75, 3.05) is 13.2 Å². The largest absolute Gasteiger partial charge is 0.468 e. The molecule has 0 saturated carbocycles. The van der Waals surface area contributed by atoms with Crippen LogP contribution in [-0.2, 0) is 22.6 Å². The normalized spacial score (nSPS) is 11.0. The second kappa shape index (κ2) is 8.32. The summed E-state index contributed by atoms with van der Waals surface area (Å²) in [6, 6.07) is 7.64. The fourth-order valence-electron chi connectivity index (χ4n) is 2.14. The summed E-state index contributed by atoms with van der Waals surface area (Å²) in [5.74, 6) is 1.66. The van der Waals surface area contributed by atoms with Gasteiger partial charge < -0.3 is 13.6 Å². The average Bonchev–Trinajstić information content (AvgIpc) is 3.12. The van der Waals surface area contributed by atoms with E-state index < -0.39 is 0 Å². The van der Waals surface area contributed by atoms with Crippen molar-refractivity contribution in [1.82, 2.24) is 4.90 Å². The molecule has 5 heteroatoms. The molecular weight excluding hydrogens is 270 g/mol. The molecule has 0 aliphatic heterocycles. The van der Waals surface area contributed by atoms with E-state index in [1.807, 2.05) is 31.2 Å². The van der Waals surface area contributed by atoms with Gasteiger partial charge in [0.1, 0.15) is 11.5 Å². The zero-order valence-electron chi connectivity index (χ0n) is 12.3. The van der Waals surface area contributed by atoms with E-state index in [-0.39, 0.29) is 5.97 Å². The van der Waals surface area contributed by atoms with Crippen LogP contribution in [0.15, 0.2) is 45.6 Å². The fraction of sp³-hybridized carbons (Fsp3) is 0.438. The first-order valence-electron chi connectivity index (χ1n) is 7.20. The Bertz CT molecular complexity index is 468. The maximum absolute atomic E-state index is 11.4. The van der Waals surface area contributed by atoms with Gasteiger partial charge in [0.15, 0.2) is 0 Å². The highest BCUT2D eigenvalue weighted by Crippen LogP contribution is 2.12. The van der Waals surface area contributed by atoms with Gasteiger partial charge in [-0.15, -0.1) is 0 Å². The van der Waals surface area contributed by atoms with Crippen LogP contribution in [0.4, 0.5) is 0 Å². The Morgan fingerprint density at radius 3 is 2.24 bits per heavy atom. The van der Waals surface area contributed by atoms with Crippen molar-refractivity contribution in [2.45, 2.75) is 32.9 Å².